The Bertz CT molecular complexity index is 257. The first-order valence-corrected chi connectivity index (χ1v) is 3.22. The minimum Gasteiger partial charge on any atom is -0.424 e. The summed E-state index contributed by atoms with van der Waals surface area (Å²) in [4.78, 5) is 3.94. The van der Waals surface area contributed by atoms with Crippen LogP contribution in [-0.2, 0) is 7.05 Å². The zero-order valence-electron chi connectivity index (χ0n) is 6.18. The maximum absolute atomic E-state index is 8.47. The number of imidazole rings is 1. The first-order valence-electron chi connectivity index (χ1n) is 3.22. The smallest absolute Gasteiger partial charge is 0.424 e. The molecule has 0 aliphatic rings. The highest BCUT2D eigenvalue weighted by molar-refractivity contribution is 6.48. The van der Waals surface area contributed by atoms with Crippen molar-refractivity contribution in [2.45, 2.75) is 0 Å². The van der Waals surface area contributed by atoms with E-state index in [1.807, 2.05) is 7.05 Å². The number of hydrogen-bond donors (Lipinski definition) is 2. The quantitative estimate of drug-likeness (QED) is 0.558. The second kappa shape index (κ2) is 3.36. The van der Waals surface area contributed by atoms with Crippen LogP contribution in [0.5, 0.6) is 0 Å². The van der Waals surface area contributed by atoms with E-state index in [0.717, 1.165) is 0 Å². The van der Waals surface area contributed by atoms with E-state index in [4.69, 9.17) is 10.0 Å². The molecule has 0 radical (unpaired) electrons. The highest BCUT2D eigenvalue weighted by Crippen LogP contribution is 1.96. The zero-order chi connectivity index (χ0) is 8.27. The second-order valence-electron chi connectivity index (χ2n) is 2.17. The second-order valence-corrected chi connectivity index (χ2v) is 2.17. The Morgan fingerprint density at radius 1 is 1.64 bits per heavy atom. The summed E-state index contributed by atoms with van der Waals surface area (Å²) in [5.74, 6) is 1.95. The first kappa shape index (κ1) is 8.04. The minimum atomic E-state index is -1.41. The van der Waals surface area contributed by atoms with Gasteiger partial charge in [0.1, 0.15) is 5.82 Å². The van der Waals surface area contributed by atoms with Crippen molar-refractivity contribution >= 4 is 13.2 Å². The molecular weight excluding hydrogens is 143 g/mol. The molecule has 1 aromatic rings. The van der Waals surface area contributed by atoms with Crippen LogP contribution in [0, 0.1) is 0 Å². The van der Waals surface area contributed by atoms with E-state index in [1.165, 1.54) is 5.98 Å². The van der Waals surface area contributed by atoms with Crippen molar-refractivity contribution in [2.24, 2.45) is 7.05 Å². The van der Waals surface area contributed by atoms with Gasteiger partial charge in [0.05, 0.1) is 0 Å². The lowest BCUT2D eigenvalue weighted by atomic mass is 9.92. The molecule has 5 heteroatoms. The third kappa shape index (κ3) is 2.21. The van der Waals surface area contributed by atoms with Gasteiger partial charge >= 0.3 is 7.12 Å². The highest BCUT2D eigenvalue weighted by atomic mass is 16.4. The van der Waals surface area contributed by atoms with Gasteiger partial charge in [-0.2, -0.15) is 0 Å². The van der Waals surface area contributed by atoms with Gasteiger partial charge in [0.15, 0.2) is 0 Å². The lowest BCUT2D eigenvalue weighted by Crippen LogP contribution is -2.05. The molecule has 0 saturated carbocycles. The maximum Gasteiger partial charge on any atom is 0.480 e. The lowest BCUT2D eigenvalue weighted by molar-refractivity contribution is 0.424. The van der Waals surface area contributed by atoms with Gasteiger partial charge in [-0.1, -0.05) is 5.98 Å². The fourth-order valence-electron chi connectivity index (χ4n) is 0.710. The Labute approximate surface area is 65.0 Å². The Balaban J connectivity index is 2.71. The summed E-state index contributed by atoms with van der Waals surface area (Å²) in [6.07, 6.45) is 4.97. The average Bonchev–Trinajstić information content (AvgIpc) is 2.31. The number of rotatable bonds is 2. The Hall–Kier alpha value is -1.07. The molecule has 0 unspecified atom stereocenters. The van der Waals surface area contributed by atoms with Crippen molar-refractivity contribution in [3.05, 3.63) is 24.2 Å². The molecule has 2 N–H and O–H groups in total. The van der Waals surface area contributed by atoms with Crippen LogP contribution in [0.2, 0.25) is 0 Å². The Morgan fingerprint density at radius 3 is 2.82 bits per heavy atom. The average molecular weight is 152 g/mol. The fourth-order valence-corrected chi connectivity index (χ4v) is 0.710. The molecule has 0 amide bonds. The van der Waals surface area contributed by atoms with Gasteiger partial charge in [0.25, 0.3) is 0 Å². The summed E-state index contributed by atoms with van der Waals surface area (Å²) in [6, 6.07) is 0. The summed E-state index contributed by atoms with van der Waals surface area (Å²) in [7, 11) is 0.419. The van der Waals surface area contributed by atoms with E-state index in [-0.39, 0.29) is 0 Å². The Morgan fingerprint density at radius 2 is 2.36 bits per heavy atom. The monoisotopic (exact) mass is 152 g/mol. The molecular formula is C6H9BN2O2. The molecule has 0 bridgehead atoms. The maximum atomic E-state index is 8.47. The van der Waals surface area contributed by atoms with Crippen molar-refractivity contribution in [2.75, 3.05) is 0 Å². The predicted octanol–water partition coefficient (Wildman–Crippen LogP) is -0.555. The SMILES string of the molecule is Cn1ccnc1/C=C/B(O)O. The lowest BCUT2D eigenvalue weighted by Gasteiger charge is -1.92. The normalized spacial score (nSPS) is 10.8. The molecule has 0 spiro atoms. The number of aryl methyl sites for hydroxylation is 1. The molecule has 0 aliphatic carbocycles. The van der Waals surface area contributed by atoms with E-state index < -0.39 is 7.12 Å². The molecule has 1 aromatic heterocycles. The van der Waals surface area contributed by atoms with Crippen molar-refractivity contribution in [1.82, 2.24) is 9.55 Å². The molecule has 11 heavy (non-hydrogen) atoms. The predicted molar refractivity (Wildman–Crippen MR) is 42.4 cm³/mol. The molecule has 0 atom stereocenters. The number of hydrogen-bond acceptors (Lipinski definition) is 3. The first-order chi connectivity index (χ1) is 5.20. The van der Waals surface area contributed by atoms with E-state index in [2.05, 4.69) is 4.98 Å². The third-order valence-electron chi connectivity index (χ3n) is 1.28. The van der Waals surface area contributed by atoms with E-state index in [0.29, 0.717) is 5.82 Å². The van der Waals surface area contributed by atoms with Crippen molar-refractivity contribution < 1.29 is 10.0 Å². The van der Waals surface area contributed by atoms with Gasteiger partial charge in [-0.3, -0.25) is 0 Å². The van der Waals surface area contributed by atoms with Gasteiger partial charge in [-0.05, 0) is 6.08 Å². The van der Waals surface area contributed by atoms with Crippen LogP contribution in [-0.4, -0.2) is 26.7 Å². The van der Waals surface area contributed by atoms with Gasteiger partial charge in [0, 0.05) is 19.4 Å². The fraction of sp³-hybridized carbons (Fsp3) is 0.167. The van der Waals surface area contributed by atoms with Crippen molar-refractivity contribution in [1.29, 1.82) is 0 Å². The van der Waals surface area contributed by atoms with Gasteiger partial charge in [-0.15, -0.1) is 0 Å². The van der Waals surface area contributed by atoms with E-state index >= 15 is 0 Å². The highest BCUT2D eigenvalue weighted by Gasteiger charge is 1.99. The van der Waals surface area contributed by atoms with Gasteiger partial charge in [-0.25, -0.2) is 4.98 Å². The van der Waals surface area contributed by atoms with Gasteiger partial charge in [0.2, 0.25) is 0 Å². The molecule has 4 nitrogen and oxygen atoms in total. The summed E-state index contributed by atoms with van der Waals surface area (Å²) in [5, 5.41) is 16.9. The molecule has 0 saturated heterocycles. The molecule has 58 valence electrons. The Kier molecular flexibility index (Phi) is 2.46. The van der Waals surface area contributed by atoms with Crippen LogP contribution in [0.1, 0.15) is 5.82 Å². The van der Waals surface area contributed by atoms with Crippen LogP contribution < -0.4 is 0 Å². The van der Waals surface area contributed by atoms with Crippen LogP contribution in [0.15, 0.2) is 18.4 Å². The third-order valence-corrected chi connectivity index (χ3v) is 1.28. The molecule has 1 heterocycles. The molecule has 1 rings (SSSR count). The topological polar surface area (TPSA) is 58.3 Å². The van der Waals surface area contributed by atoms with E-state index in [1.54, 1.807) is 23.0 Å². The van der Waals surface area contributed by atoms with Crippen molar-refractivity contribution in [3.63, 3.8) is 0 Å². The van der Waals surface area contributed by atoms with Crippen LogP contribution in [0.25, 0.3) is 6.08 Å². The van der Waals surface area contributed by atoms with E-state index in [9.17, 15) is 0 Å². The molecule has 0 aromatic carbocycles. The largest absolute Gasteiger partial charge is 0.480 e. The molecule has 0 aliphatic heterocycles. The van der Waals surface area contributed by atoms with Gasteiger partial charge < -0.3 is 14.6 Å². The summed E-state index contributed by atoms with van der Waals surface area (Å²) >= 11 is 0. The van der Waals surface area contributed by atoms with Crippen molar-refractivity contribution in [3.8, 4) is 0 Å². The summed E-state index contributed by atoms with van der Waals surface area (Å²) in [5.41, 5.74) is 0. The number of aromatic nitrogens is 2. The van der Waals surface area contributed by atoms with Crippen LogP contribution in [0.3, 0.4) is 0 Å². The van der Waals surface area contributed by atoms with Crippen LogP contribution >= 0.6 is 0 Å². The standard InChI is InChI=1S/C6H9BN2O2/c1-9-5-4-8-6(9)2-3-7(10)11/h2-5,10-11H,1H3/b3-2+. The number of nitrogens with zero attached hydrogens (tertiary/aromatic N) is 2. The molecule has 0 fully saturated rings. The summed E-state index contributed by atoms with van der Waals surface area (Å²) < 4.78 is 1.78. The summed E-state index contributed by atoms with van der Waals surface area (Å²) in [6.45, 7) is 0. The minimum absolute atomic E-state index is 0.693. The zero-order valence-corrected chi connectivity index (χ0v) is 6.18. The van der Waals surface area contributed by atoms with Crippen LogP contribution in [0.4, 0.5) is 0 Å².